The van der Waals surface area contributed by atoms with Gasteiger partial charge in [0.05, 0.1) is 5.52 Å². The molecule has 3 nitrogen and oxygen atoms in total. The molecule has 0 unspecified atom stereocenters. The van der Waals surface area contributed by atoms with E-state index >= 15 is 0 Å². The quantitative estimate of drug-likeness (QED) is 0.741. The average molecular weight is 286 g/mol. The maximum Gasteiger partial charge on any atom is 0.153 e. The van der Waals surface area contributed by atoms with E-state index < -0.39 is 0 Å². The number of H-pyrrole nitrogens is 1. The third-order valence-electron chi connectivity index (χ3n) is 3.88. The Balaban J connectivity index is 0.00000121. The van der Waals surface area contributed by atoms with Gasteiger partial charge in [-0.3, -0.25) is 0 Å². The second kappa shape index (κ2) is 5.17. The molecule has 3 aromatic rings. The molecule has 2 aromatic heterocycles. The van der Waals surface area contributed by atoms with Crippen molar-refractivity contribution in [3.05, 3.63) is 59.9 Å². The molecule has 3 heterocycles. The van der Waals surface area contributed by atoms with Crippen molar-refractivity contribution in [3.8, 4) is 0 Å². The largest absolute Gasteiger partial charge is 0.358 e. The maximum absolute atomic E-state index is 4.57. The third-order valence-corrected chi connectivity index (χ3v) is 3.88. The zero-order valence-corrected chi connectivity index (χ0v) is 11.9. The van der Waals surface area contributed by atoms with Gasteiger partial charge < -0.3 is 9.88 Å². The van der Waals surface area contributed by atoms with Gasteiger partial charge in [0.15, 0.2) is 5.82 Å². The molecule has 0 bridgehead atoms. The first-order valence-electron chi connectivity index (χ1n) is 6.66. The van der Waals surface area contributed by atoms with E-state index in [4.69, 9.17) is 0 Å². The number of pyridine rings is 1. The minimum absolute atomic E-state index is 0. The van der Waals surface area contributed by atoms with Crippen LogP contribution in [0.4, 0.5) is 5.82 Å². The van der Waals surface area contributed by atoms with Crippen LogP contribution in [0.25, 0.3) is 10.9 Å². The van der Waals surface area contributed by atoms with E-state index in [-0.39, 0.29) is 12.4 Å². The predicted molar refractivity (Wildman–Crippen MR) is 84.5 cm³/mol. The summed E-state index contributed by atoms with van der Waals surface area (Å²) in [5, 5.41) is 1.23. The number of rotatable bonds is 1. The minimum atomic E-state index is 0. The smallest absolute Gasteiger partial charge is 0.153 e. The maximum atomic E-state index is 4.57. The van der Waals surface area contributed by atoms with Gasteiger partial charge in [0.2, 0.25) is 0 Å². The normalized spacial score (nSPS) is 13.9. The van der Waals surface area contributed by atoms with Crippen molar-refractivity contribution in [3.63, 3.8) is 0 Å². The Morgan fingerprint density at radius 3 is 2.80 bits per heavy atom. The van der Waals surface area contributed by atoms with E-state index in [1.807, 2.05) is 18.5 Å². The molecule has 1 N–H and O–H groups in total. The second-order valence-electron chi connectivity index (χ2n) is 5.02. The van der Waals surface area contributed by atoms with Crippen molar-refractivity contribution in [2.24, 2.45) is 0 Å². The Morgan fingerprint density at radius 2 is 1.90 bits per heavy atom. The topological polar surface area (TPSA) is 31.9 Å². The van der Waals surface area contributed by atoms with Gasteiger partial charge in [0, 0.05) is 30.9 Å². The Bertz CT molecular complexity index is 735. The highest BCUT2D eigenvalue weighted by atomic mass is 35.5. The highest BCUT2D eigenvalue weighted by molar-refractivity contribution is 5.89. The second-order valence-corrected chi connectivity index (χ2v) is 5.02. The summed E-state index contributed by atoms with van der Waals surface area (Å²) in [7, 11) is 0. The van der Waals surface area contributed by atoms with Gasteiger partial charge in [-0.05, 0) is 29.7 Å². The fraction of sp³-hybridized carbons (Fsp3) is 0.188. The molecule has 0 radical (unpaired) electrons. The molecule has 0 fully saturated rings. The van der Waals surface area contributed by atoms with Crippen molar-refractivity contribution in [2.45, 2.75) is 13.0 Å². The van der Waals surface area contributed by atoms with E-state index in [0.29, 0.717) is 0 Å². The van der Waals surface area contributed by atoms with Crippen LogP contribution in [0, 0.1) is 0 Å². The Kier molecular flexibility index (Phi) is 3.36. The van der Waals surface area contributed by atoms with Gasteiger partial charge in [-0.15, -0.1) is 12.4 Å². The van der Waals surface area contributed by atoms with Crippen molar-refractivity contribution >= 4 is 29.1 Å². The van der Waals surface area contributed by atoms with Crippen LogP contribution in [0.5, 0.6) is 0 Å². The Labute approximate surface area is 124 Å². The average Bonchev–Trinajstić information content (AvgIpc) is 2.95. The molecule has 4 rings (SSSR count). The van der Waals surface area contributed by atoms with E-state index in [2.05, 4.69) is 45.2 Å². The molecular weight excluding hydrogens is 270 g/mol. The highest BCUT2D eigenvalue weighted by Gasteiger charge is 2.18. The van der Waals surface area contributed by atoms with Gasteiger partial charge in [0.1, 0.15) is 0 Å². The molecule has 102 valence electrons. The number of hydrogen-bond donors (Lipinski definition) is 1. The zero-order valence-electron chi connectivity index (χ0n) is 11.0. The van der Waals surface area contributed by atoms with Crippen LogP contribution in [0.1, 0.15) is 11.1 Å². The molecule has 0 aliphatic carbocycles. The summed E-state index contributed by atoms with van der Waals surface area (Å²) < 4.78 is 0. The van der Waals surface area contributed by atoms with Crippen LogP contribution in [-0.4, -0.2) is 16.5 Å². The lowest BCUT2D eigenvalue weighted by Gasteiger charge is -2.30. The molecule has 1 aliphatic heterocycles. The van der Waals surface area contributed by atoms with Crippen LogP contribution >= 0.6 is 12.4 Å². The lowest BCUT2D eigenvalue weighted by Crippen LogP contribution is -2.31. The molecule has 0 saturated carbocycles. The Hall–Kier alpha value is -2.00. The van der Waals surface area contributed by atoms with Gasteiger partial charge in [-0.1, -0.05) is 24.3 Å². The van der Waals surface area contributed by atoms with Crippen molar-refractivity contribution < 1.29 is 0 Å². The van der Waals surface area contributed by atoms with Crippen LogP contribution in [0.3, 0.4) is 0 Å². The number of nitrogens with zero attached hydrogens (tertiary/aromatic N) is 2. The van der Waals surface area contributed by atoms with Gasteiger partial charge >= 0.3 is 0 Å². The van der Waals surface area contributed by atoms with Crippen LogP contribution < -0.4 is 4.90 Å². The number of benzene rings is 1. The molecule has 1 aliphatic rings. The minimum Gasteiger partial charge on any atom is -0.358 e. The molecular formula is C16H16ClN3. The number of hydrogen-bond acceptors (Lipinski definition) is 2. The summed E-state index contributed by atoms with van der Waals surface area (Å²) in [4.78, 5) is 10.2. The van der Waals surface area contributed by atoms with E-state index in [1.165, 1.54) is 16.5 Å². The molecule has 0 spiro atoms. The summed E-state index contributed by atoms with van der Waals surface area (Å²) in [6.07, 6.45) is 4.97. The van der Waals surface area contributed by atoms with Crippen LogP contribution in [0.15, 0.2) is 48.8 Å². The van der Waals surface area contributed by atoms with Crippen molar-refractivity contribution in [1.29, 1.82) is 0 Å². The van der Waals surface area contributed by atoms with Crippen molar-refractivity contribution in [2.75, 3.05) is 11.4 Å². The van der Waals surface area contributed by atoms with Crippen molar-refractivity contribution in [1.82, 2.24) is 9.97 Å². The Morgan fingerprint density at radius 1 is 1.05 bits per heavy atom. The summed E-state index contributed by atoms with van der Waals surface area (Å²) in [5.74, 6) is 1.07. The third kappa shape index (κ3) is 2.04. The summed E-state index contributed by atoms with van der Waals surface area (Å²) in [6, 6.07) is 12.8. The summed E-state index contributed by atoms with van der Waals surface area (Å²) in [6.45, 7) is 1.98. The molecule has 0 saturated heterocycles. The lowest BCUT2D eigenvalue weighted by atomic mass is 10.00. The first-order chi connectivity index (χ1) is 9.42. The molecule has 1 aromatic carbocycles. The van der Waals surface area contributed by atoms with Gasteiger partial charge in [0.25, 0.3) is 0 Å². The SMILES string of the molecule is Cl.c1ccc2c(c1)CCN(c1nccc3cc[nH]c13)C2. The number of nitrogens with one attached hydrogen (secondary N) is 1. The lowest BCUT2D eigenvalue weighted by molar-refractivity contribution is 0.723. The molecule has 20 heavy (non-hydrogen) atoms. The van der Waals surface area contributed by atoms with Gasteiger partial charge in [-0.2, -0.15) is 0 Å². The number of aromatic nitrogens is 2. The van der Waals surface area contributed by atoms with E-state index in [0.717, 1.165) is 30.8 Å². The molecule has 0 atom stereocenters. The number of halogens is 1. The first-order valence-corrected chi connectivity index (χ1v) is 6.66. The van der Waals surface area contributed by atoms with Crippen LogP contribution in [0.2, 0.25) is 0 Å². The fourth-order valence-corrected chi connectivity index (χ4v) is 2.88. The van der Waals surface area contributed by atoms with Crippen LogP contribution in [-0.2, 0) is 13.0 Å². The fourth-order valence-electron chi connectivity index (χ4n) is 2.88. The standard InChI is InChI=1S/C16H15N3.ClH/c1-2-4-14-11-19(10-7-12(14)3-1)16-15-13(5-8-17-15)6-9-18-16;/h1-6,8-9,17H,7,10-11H2;1H. The van der Waals surface area contributed by atoms with E-state index in [1.54, 1.807) is 0 Å². The van der Waals surface area contributed by atoms with Gasteiger partial charge in [-0.25, -0.2) is 4.98 Å². The summed E-state index contributed by atoms with van der Waals surface area (Å²) >= 11 is 0. The number of fused-ring (bicyclic) bond motifs is 2. The number of aromatic amines is 1. The zero-order chi connectivity index (χ0) is 12.7. The van der Waals surface area contributed by atoms with E-state index in [9.17, 15) is 0 Å². The number of anilines is 1. The molecule has 4 heteroatoms. The highest BCUT2D eigenvalue weighted by Crippen LogP contribution is 2.27. The monoisotopic (exact) mass is 285 g/mol. The predicted octanol–water partition coefficient (Wildman–Crippen LogP) is 3.55. The molecule has 0 amide bonds. The first kappa shape index (κ1) is 13.0. The summed E-state index contributed by atoms with van der Waals surface area (Å²) in [5.41, 5.74) is 4.03.